The molecule has 4 aliphatic rings. The third-order valence-electron chi connectivity index (χ3n) is 7.84. The van der Waals surface area contributed by atoms with E-state index in [9.17, 15) is 9.59 Å². The molecule has 6 heterocycles. The summed E-state index contributed by atoms with van der Waals surface area (Å²) in [6, 6.07) is 5.06. The molecule has 0 saturated carbocycles. The molecule has 1 amide bonds. The van der Waals surface area contributed by atoms with Crippen molar-refractivity contribution in [1.29, 1.82) is 0 Å². The van der Waals surface area contributed by atoms with Crippen molar-refractivity contribution in [2.75, 3.05) is 39.4 Å². The van der Waals surface area contributed by atoms with Crippen LogP contribution < -0.4 is 5.56 Å². The fourth-order valence-electron chi connectivity index (χ4n) is 6.29. The number of imidazole rings is 1. The van der Waals surface area contributed by atoms with E-state index in [1.165, 1.54) is 0 Å². The molecule has 164 valence electrons. The van der Waals surface area contributed by atoms with Crippen LogP contribution in [0.1, 0.15) is 35.5 Å². The quantitative estimate of drug-likeness (QED) is 0.801. The molecule has 0 unspecified atom stereocenters. The first-order valence-corrected chi connectivity index (χ1v) is 11.4. The van der Waals surface area contributed by atoms with Crippen molar-refractivity contribution in [1.82, 2.24) is 24.3 Å². The number of piperidine rings is 1. The molecule has 5 atom stereocenters. The molecule has 3 fully saturated rings. The molecule has 8 nitrogen and oxygen atoms in total. The van der Waals surface area contributed by atoms with Gasteiger partial charge in [0.15, 0.2) is 0 Å². The van der Waals surface area contributed by atoms with Gasteiger partial charge in [-0.2, -0.15) is 0 Å². The minimum Gasteiger partial charge on any atom is -0.381 e. The molecule has 2 aromatic rings. The number of pyridine rings is 1. The highest BCUT2D eigenvalue weighted by Gasteiger charge is 2.47. The number of aromatic nitrogens is 3. The summed E-state index contributed by atoms with van der Waals surface area (Å²) in [6.07, 6.45) is 2.70. The van der Waals surface area contributed by atoms with Gasteiger partial charge in [-0.25, -0.2) is 4.98 Å². The van der Waals surface area contributed by atoms with Crippen LogP contribution in [0.5, 0.6) is 0 Å². The number of likely N-dealkylation sites (tertiary alicyclic amines) is 2. The zero-order chi connectivity index (χ0) is 21.1. The molecule has 4 aliphatic heterocycles. The van der Waals surface area contributed by atoms with Gasteiger partial charge in [0.05, 0.1) is 25.2 Å². The van der Waals surface area contributed by atoms with Gasteiger partial charge in [0, 0.05) is 73.8 Å². The third kappa shape index (κ3) is 3.15. The first-order valence-electron chi connectivity index (χ1n) is 11.4. The number of carbonyl (C=O) groups is 1. The second kappa shape index (κ2) is 7.31. The predicted molar refractivity (Wildman–Crippen MR) is 114 cm³/mol. The number of hydrogen-bond acceptors (Lipinski definition) is 5. The van der Waals surface area contributed by atoms with Gasteiger partial charge in [-0.3, -0.25) is 19.1 Å². The average Bonchev–Trinajstić information content (AvgIpc) is 3.46. The fraction of sp³-hybridized carbons (Fsp3) is 0.609. The summed E-state index contributed by atoms with van der Waals surface area (Å²) < 4.78 is 7.41. The van der Waals surface area contributed by atoms with Crippen molar-refractivity contribution >= 4 is 5.91 Å². The van der Waals surface area contributed by atoms with Crippen LogP contribution in [-0.4, -0.2) is 69.6 Å². The number of carbonyl (C=O) groups excluding carboxylic acids is 1. The molecule has 1 N–H and O–H groups in total. The van der Waals surface area contributed by atoms with Crippen molar-refractivity contribution in [2.45, 2.75) is 31.8 Å². The van der Waals surface area contributed by atoms with E-state index in [0.29, 0.717) is 11.8 Å². The Labute approximate surface area is 181 Å². The van der Waals surface area contributed by atoms with Gasteiger partial charge in [0.1, 0.15) is 6.04 Å². The van der Waals surface area contributed by atoms with Crippen LogP contribution >= 0.6 is 0 Å². The van der Waals surface area contributed by atoms with E-state index in [1.807, 2.05) is 28.5 Å². The minimum atomic E-state index is -0.414. The highest BCUT2D eigenvalue weighted by molar-refractivity contribution is 5.81. The average molecular weight is 424 g/mol. The van der Waals surface area contributed by atoms with Crippen molar-refractivity contribution in [3.63, 3.8) is 0 Å². The standard InChI is InChI=1S/C23H29N5O3/c1-14-19(25-13-24-14)10-26-6-15-5-16(7-26)22(28-20(15)3-2-4-21(28)29)23(30)27-8-17-11-31-12-18(17)9-27/h2-4,13,15-18,22H,5-12H2,1H3,(H,24,25)/t15-,16+,17-,18+,22-/m1/s1. The second-order valence-electron chi connectivity index (χ2n) is 9.77. The van der Waals surface area contributed by atoms with E-state index < -0.39 is 6.04 Å². The van der Waals surface area contributed by atoms with E-state index in [1.54, 1.807) is 12.4 Å². The molecule has 3 saturated heterocycles. The molecular weight excluding hydrogens is 394 g/mol. The largest absolute Gasteiger partial charge is 0.381 e. The van der Waals surface area contributed by atoms with E-state index >= 15 is 0 Å². The number of aromatic amines is 1. The summed E-state index contributed by atoms with van der Waals surface area (Å²) in [5.41, 5.74) is 3.10. The Balaban J connectivity index is 1.32. The van der Waals surface area contributed by atoms with E-state index in [2.05, 4.69) is 14.9 Å². The van der Waals surface area contributed by atoms with Crippen LogP contribution in [0.2, 0.25) is 0 Å². The lowest BCUT2D eigenvalue weighted by Gasteiger charge is -2.47. The lowest BCUT2D eigenvalue weighted by Crippen LogP contribution is -2.53. The number of amides is 1. The van der Waals surface area contributed by atoms with Crippen LogP contribution in [0.4, 0.5) is 0 Å². The minimum absolute atomic E-state index is 0.0510. The molecule has 0 radical (unpaired) electrons. The van der Waals surface area contributed by atoms with E-state index in [0.717, 1.165) is 69.4 Å². The molecule has 0 spiro atoms. The van der Waals surface area contributed by atoms with Gasteiger partial charge in [-0.15, -0.1) is 0 Å². The number of H-pyrrole nitrogens is 1. The Kier molecular flexibility index (Phi) is 4.54. The summed E-state index contributed by atoms with van der Waals surface area (Å²) in [4.78, 5) is 38.8. The van der Waals surface area contributed by atoms with Crippen LogP contribution in [0.3, 0.4) is 0 Å². The Morgan fingerprint density at radius 3 is 2.71 bits per heavy atom. The van der Waals surface area contributed by atoms with E-state index in [4.69, 9.17) is 4.74 Å². The number of fused-ring (bicyclic) bond motifs is 5. The second-order valence-corrected chi connectivity index (χ2v) is 9.77. The highest BCUT2D eigenvalue weighted by Crippen LogP contribution is 2.43. The van der Waals surface area contributed by atoms with Crippen molar-refractivity contribution in [3.8, 4) is 0 Å². The van der Waals surface area contributed by atoms with E-state index in [-0.39, 0.29) is 23.3 Å². The number of hydrogen-bond donors (Lipinski definition) is 1. The Morgan fingerprint density at radius 2 is 1.97 bits per heavy atom. The summed E-state index contributed by atoms with van der Waals surface area (Å²) in [5, 5.41) is 0. The first kappa shape index (κ1) is 19.3. The topological polar surface area (TPSA) is 83.5 Å². The van der Waals surface area contributed by atoms with Crippen molar-refractivity contribution in [2.24, 2.45) is 17.8 Å². The first-order chi connectivity index (χ1) is 15.1. The maximum atomic E-state index is 13.8. The van der Waals surface area contributed by atoms with Gasteiger partial charge >= 0.3 is 0 Å². The van der Waals surface area contributed by atoms with Gasteiger partial charge < -0.3 is 14.6 Å². The lowest BCUT2D eigenvalue weighted by atomic mass is 9.78. The third-order valence-corrected chi connectivity index (χ3v) is 7.84. The predicted octanol–water partition coefficient (Wildman–Crippen LogP) is 1.15. The monoisotopic (exact) mass is 423 g/mol. The Bertz CT molecular complexity index is 1050. The van der Waals surface area contributed by atoms with Gasteiger partial charge in [0.25, 0.3) is 5.56 Å². The molecular formula is C23H29N5O3. The maximum absolute atomic E-state index is 13.8. The van der Waals surface area contributed by atoms with Crippen molar-refractivity contribution in [3.05, 3.63) is 52.0 Å². The van der Waals surface area contributed by atoms with Crippen LogP contribution in [0.15, 0.2) is 29.3 Å². The number of rotatable bonds is 3. The molecule has 0 aromatic carbocycles. The highest BCUT2D eigenvalue weighted by atomic mass is 16.5. The number of nitrogens with zero attached hydrogens (tertiary/aromatic N) is 4. The zero-order valence-corrected chi connectivity index (χ0v) is 17.9. The van der Waals surface area contributed by atoms with Gasteiger partial charge in [0.2, 0.25) is 5.91 Å². The molecule has 8 heteroatoms. The Morgan fingerprint density at radius 1 is 1.16 bits per heavy atom. The SMILES string of the molecule is Cc1[nH]cnc1CN1C[C@H]2C[C@@H](C1)[C@H](C(=O)N1C[C@H]3COC[C@H]3C1)n1c2cccc1=O. The smallest absolute Gasteiger partial charge is 0.251 e. The van der Waals surface area contributed by atoms with Crippen LogP contribution in [-0.2, 0) is 16.1 Å². The molecule has 31 heavy (non-hydrogen) atoms. The zero-order valence-electron chi connectivity index (χ0n) is 17.9. The number of ether oxygens (including phenoxy) is 1. The summed E-state index contributed by atoms with van der Waals surface area (Å²) in [5.74, 6) is 1.40. The Hall–Kier alpha value is -2.45. The van der Waals surface area contributed by atoms with Crippen LogP contribution in [0.25, 0.3) is 0 Å². The number of aryl methyl sites for hydroxylation is 1. The summed E-state index contributed by atoms with van der Waals surface area (Å²) in [6.45, 7) is 7.51. The maximum Gasteiger partial charge on any atom is 0.251 e. The molecule has 2 aromatic heterocycles. The normalized spacial score (nSPS) is 32.2. The molecule has 2 bridgehead atoms. The molecule has 0 aliphatic carbocycles. The van der Waals surface area contributed by atoms with Crippen molar-refractivity contribution < 1.29 is 9.53 Å². The summed E-state index contributed by atoms with van der Waals surface area (Å²) in [7, 11) is 0. The van der Waals surface area contributed by atoms with Crippen LogP contribution in [0, 0.1) is 24.7 Å². The number of nitrogens with one attached hydrogen (secondary N) is 1. The fourth-order valence-corrected chi connectivity index (χ4v) is 6.29. The van der Waals surface area contributed by atoms with Gasteiger partial charge in [-0.05, 0) is 19.4 Å². The summed E-state index contributed by atoms with van der Waals surface area (Å²) >= 11 is 0. The van der Waals surface area contributed by atoms with Gasteiger partial charge in [-0.1, -0.05) is 6.07 Å². The molecule has 6 rings (SSSR count). The lowest BCUT2D eigenvalue weighted by molar-refractivity contribution is -0.138.